The Hall–Kier alpha value is -2.09. The molecule has 1 aliphatic rings. The lowest BCUT2D eigenvalue weighted by Crippen LogP contribution is -1.89. The molecule has 17 heavy (non-hydrogen) atoms. The first-order valence-corrected chi connectivity index (χ1v) is 5.69. The first kappa shape index (κ1) is 10.1. The van der Waals surface area contributed by atoms with Gasteiger partial charge in [-0.25, -0.2) is 0 Å². The molecule has 1 heterocycles. The SMILES string of the molecule is O=Cc1cccc(-c2cccc3c2OCC3)c1. The zero-order chi connectivity index (χ0) is 11.7. The molecule has 2 aromatic carbocycles. The fraction of sp³-hybridized carbons (Fsp3) is 0.133. The average molecular weight is 224 g/mol. The lowest BCUT2D eigenvalue weighted by molar-refractivity contribution is 0.112. The van der Waals surface area contributed by atoms with Crippen LogP contribution in [0.3, 0.4) is 0 Å². The van der Waals surface area contributed by atoms with Crippen LogP contribution in [0.5, 0.6) is 5.75 Å². The minimum absolute atomic E-state index is 0.693. The Balaban J connectivity index is 2.15. The van der Waals surface area contributed by atoms with E-state index in [1.54, 1.807) is 6.07 Å². The smallest absolute Gasteiger partial charge is 0.150 e. The van der Waals surface area contributed by atoms with E-state index in [2.05, 4.69) is 6.07 Å². The molecular weight excluding hydrogens is 212 g/mol. The standard InChI is InChI=1S/C15H12O2/c16-10-11-3-1-5-13(9-11)14-6-2-4-12-7-8-17-15(12)14/h1-6,9-10H,7-8H2. The quantitative estimate of drug-likeness (QED) is 0.733. The molecule has 2 aromatic rings. The van der Waals surface area contributed by atoms with E-state index in [1.165, 1.54) is 5.56 Å². The molecule has 84 valence electrons. The molecule has 0 saturated heterocycles. The maximum absolute atomic E-state index is 10.8. The molecule has 0 N–H and O–H groups in total. The molecule has 1 aliphatic heterocycles. The van der Waals surface area contributed by atoms with Crippen molar-refractivity contribution in [3.05, 3.63) is 53.6 Å². The normalized spacial score (nSPS) is 12.9. The van der Waals surface area contributed by atoms with Gasteiger partial charge in [-0.05, 0) is 17.2 Å². The van der Waals surface area contributed by atoms with E-state index in [4.69, 9.17) is 4.74 Å². The molecular formula is C15H12O2. The second-order valence-corrected chi connectivity index (χ2v) is 4.14. The van der Waals surface area contributed by atoms with Gasteiger partial charge in [-0.2, -0.15) is 0 Å². The van der Waals surface area contributed by atoms with Crippen LogP contribution in [0.25, 0.3) is 11.1 Å². The zero-order valence-electron chi connectivity index (χ0n) is 9.35. The Morgan fingerprint density at radius 3 is 2.88 bits per heavy atom. The molecule has 0 atom stereocenters. The topological polar surface area (TPSA) is 26.3 Å². The van der Waals surface area contributed by atoms with Crippen LogP contribution in [0.4, 0.5) is 0 Å². The van der Waals surface area contributed by atoms with Crippen LogP contribution in [-0.4, -0.2) is 12.9 Å². The Morgan fingerprint density at radius 1 is 1.12 bits per heavy atom. The molecule has 2 heteroatoms. The van der Waals surface area contributed by atoms with E-state index < -0.39 is 0 Å². The van der Waals surface area contributed by atoms with Gasteiger partial charge in [0.25, 0.3) is 0 Å². The number of carbonyl (C=O) groups is 1. The van der Waals surface area contributed by atoms with Crippen molar-refractivity contribution >= 4 is 6.29 Å². The molecule has 0 bridgehead atoms. The molecule has 0 spiro atoms. The van der Waals surface area contributed by atoms with Gasteiger partial charge in [0.05, 0.1) is 6.61 Å². The second-order valence-electron chi connectivity index (χ2n) is 4.14. The molecule has 0 aliphatic carbocycles. The van der Waals surface area contributed by atoms with Crippen LogP contribution >= 0.6 is 0 Å². The van der Waals surface area contributed by atoms with Crippen molar-refractivity contribution < 1.29 is 9.53 Å². The number of rotatable bonds is 2. The minimum atomic E-state index is 0.693. The predicted octanol–water partition coefficient (Wildman–Crippen LogP) is 3.10. The summed E-state index contributed by atoms with van der Waals surface area (Å²) in [7, 11) is 0. The van der Waals surface area contributed by atoms with Crippen molar-refractivity contribution in [1.82, 2.24) is 0 Å². The maximum atomic E-state index is 10.8. The van der Waals surface area contributed by atoms with Gasteiger partial charge in [-0.3, -0.25) is 4.79 Å². The highest BCUT2D eigenvalue weighted by Crippen LogP contribution is 2.36. The summed E-state index contributed by atoms with van der Waals surface area (Å²) in [6.45, 7) is 0.750. The third-order valence-corrected chi connectivity index (χ3v) is 3.05. The molecule has 0 aromatic heterocycles. The highest BCUT2D eigenvalue weighted by atomic mass is 16.5. The van der Waals surface area contributed by atoms with Crippen LogP contribution in [-0.2, 0) is 6.42 Å². The second kappa shape index (κ2) is 4.06. The Morgan fingerprint density at radius 2 is 2.00 bits per heavy atom. The third kappa shape index (κ3) is 1.72. The molecule has 0 saturated carbocycles. The molecule has 0 radical (unpaired) electrons. The van der Waals surface area contributed by atoms with Gasteiger partial charge in [-0.15, -0.1) is 0 Å². The van der Waals surface area contributed by atoms with Crippen molar-refractivity contribution in [3.63, 3.8) is 0 Å². The molecule has 0 amide bonds. The third-order valence-electron chi connectivity index (χ3n) is 3.05. The van der Waals surface area contributed by atoms with Crippen LogP contribution in [0.1, 0.15) is 15.9 Å². The predicted molar refractivity (Wildman–Crippen MR) is 66.5 cm³/mol. The Labute approximate surface area is 99.9 Å². The largest absolute Gasteiger partial charge is 0.492 e. The van der Waals surface area contributed by atoms with Gasteiger partial charge in [-0.1, -0.05) is 36.4 Å². The summed E-state index contributed by atoms with van der Waals surface area (Å²) in [4.78, 5) is 10.8. The van der Waals surface area contributed by atoms with Crippen molar-refractivity contribution in [3.8, 4) is 16.9 Å². The van der Waals surface area contributed by atoms with E-state index in [1.807, 2.05) is 30.3 Å². The lowest BCUT2D eigenvalue weighted by Gasteiger charge is -2.08. The molecule has 0 fully saturated rings. The highest BCUT2D eigenvalue weighted by Gasteiger charge is 2.16. The van der Waals surface area contributed by atoms with E-state index >= 15 is 0 Å². The first-order valence-electron chi connectivity index (χ1n) is 5.69. The van der Waals surface area contributed by atoms with Crippen molar-refractivity contribution in [2.45, 2.75) is 6.42 Å². The van der Waals surface area contributed by atoms with E-state index in [9.17, 15) is 4.79 Å². The number of fused-ring (bicyclic) bond motifs is 1. The van der Waals surface area contributed by atoms with E-state index in [0.29, 0.717) is 5.56 Å². The van der Waals surface area contributed by atoms with Crippen LogP contribution < -0.4 is 4.74 Å². The van der Waals surface area contributed by atoms with Gasteiger partial charge in [0.15, 0.2) is 0 Å². The van der Waals surface area contributed by atoms with Crippen LogP contribution in [0.15, 0.2) is 42.5 Å². The summed E-state index contributed by atoms with van der Waals surface area (Å²) in [5.41, 5.74) is 4.05. The fourth-order valence-electron chi connectivity index (χ4n) is 2.22. The van der Waals surface area contributed by atoms with Crippen molar-refractivity contribution in [1.29, 1.82) is 0 Å². The number of hydrogen-bond donors (Lipinski definition) is 0. The average Bonchev–Trinajstić information content (AvgIpc) is 2.87. The number of para-hydroxylation sites is 1. The van der Waals surface area contributed by atoms with Crippen LogP contribution in [0.2, 0.25) is 0 Å². The Bertz CT molecular complexity index is 573. The van der Waals surface area contributed by atoms with Gasteiger partial charge >= 0.3 is 0 Å². The number of aldehydes is 1. The minimum Gasteiger partial charge on any atom is -0.492 e. The fourth-order valence-corrected chi connectivity index (χ4v) is 2.22. The summed E-state index contributed by atoms with van der Waals surface area (Å²) >= 11 is 0. The number of benzene rings is 2. The summed E-state index contributed by atoms with van der Waals surface area (Å²) in [5.74, 6) is 0.968. The van der Waals surface area contributed by atoms with E-state index in [0.717, 1.165) is 36.2 Å². The van der Waals surface area contributed by atoms with Gasteiger partial charge in [0, 0.05) is 17.5 Å². The summed E-state index contributed by atoms with van der Waals surface area (Å²) in [6.07, 6.45) is 1.84. The number of carbonyl (C=O) groups excluding carboxylic acids is 1. The Kier molecular flexibility index (Phi) is 2.41. The molecule has 0 unspecified atom stereocenters. The van der Waals surface area contributed by atoms with Gasteiger partial charge in [0.2, 0.25) is 0 Å². The summed E-state index contributed by atoms with van der Waals surface area (Å²) in [5, 5.41) is 0. The highest BCUT2D eigenvalue weighted by molar-refractivity contribution is 5.81. The summed E-state index contributed by atoms with van der Waals surface area (Å²) in [6, 6.07) is 13.8. The van der Waals surface area contributed by atoms with Gasteiger partial charge in [0.1, 0.15) is 12.0 Å². The van der Waals surface area contributed by atoms with Crippen molar-refractivity contribution in [2.75, 3.05) is 6.61 Å². The molecule has 2 nitrogen and oxygen atoms in total. The lowest BCUT2D eigenvalue weighted by atomic mass is 10.00. The maximum Gasteiger partial charge on any atom is 0.150 e. The zero-order valence-corrected chi connectivity index (χ0v) is 9.35. The van der Waals surface area contributed by atoms with E-state index in [-0.39, 0.29) is 0 Å². The molecule has 3 rings (SSSR count). The van der Waals surface area contributed by atoms with Gasteiger partial charge < -0.3 is 4.74 Å². The van der Waals surface area contributed by atoms with Crippen LogP contribution in [0, 0.1) is 0 Å². The van der Waals surface area contributed by atoms with Crippen molar-refractivity contribution in [2.24, 2.45) is 0 Å². The summed E-state index contributed by atoms with van der Waals surface area (Å²) < 4.78 is 5.67. The number of ether oxygens (including phenoxy) is 1. The number of hydrogen-bond acceptors (Lipinski definition) is 2. The first-order chi connectivity index (χ1) is 8.38. The monoisotopic (exact) mass is 224 g/mol.